The molecule has 3 heterocycles. The molecule has 1 aromatic heterocycles. The molecular formula is C14H23N3O2. The topological polar surface area (TPSA) is 50.5 Å². The minimum atomic E-state index is 0.501. The van der Waals surface area contributed by atoms with E-state index in [1.165, 1.54) is 38.8 Å². The van der Waals surface area contributed by atoms with Crippen molar-refractivity contribution in [3.63, 3.8) is 0 Å². The van der Waals surface area contributed by atoms with E-state index in [4.69, 9.17) is 9.26 Å². The van der Waals surface area contributed by atoms with Gasteiger partial charge in [-0.3, -0.25) is 4.90 Å². The van der Waals surface area contributed by atoms with Crippen molar-refractivity contribution in [1.29, 1.82) is 0 Å². The first kappa shape index (κ1) is 13.1. The van der Waals surface area contributed by atoms with Crippen molar-refractivity contribution in [1.82, 2.24) is 15.4 Å². The van der Waals surface area contributed by atoms with Gasteiger partial charge in [-0.05, 0) is 38.8 Å². The highest BCUT2D eigenvalue weighted by Crippen LogP contribution is 2.26. The molecule has 2 atom stereocenters. The van der Waals surface area contributed by atoms with E-state index in [0.717, 1.165) is 18.0 Å². The summed E-state index contributed by atoms with van der Waals surface area (Å²) in [6.07, 6.45) is 5.23. The van der Waals surface area contributed by atoms with Crippen LogP contribution in [0, 0.1) is 0 Å². The van der Waals surface area contributed by atoms with Gasteiger partial charge in [-0.15, -0.1) is 0 Å². The van der Waals surface area contributed by atoms with E-state index in [1.54, 1.807) is 7.11 Å². The molecule has 19 heavy (non-hydrogen) atoms. The summed E-state index contributed by atoms with van der Waals surface area (Å²) in [5.74, 6) is 0.812. The number of nitrogens with one attached hydrogen (secondary N) is 1. The van der Waals surface area contributed by atoms with Crippen LogP contribution in [0.25, 0.3) is 0 Å². The Balaban J connectivity index is 1.60. The summed E-state index contributed by atoms with van der Waals surface area (Å²) in [5, 5.41) is 7.78. The summed E-state index contributed by atoms with van der Waals surface area (Å²) in [5.41, 5.74) is 1.02. The third-order valence-electron chi connectivity index (χ3n) is 4.24. The van der Waals surface area contributed by atoms with Crippen molar-refractivity contribution in [3.05, 3.63) is 17.5 Å². The minimum Gasteiger partial charge on any atom is -0.377 e. The molecule has 5 nitrogen and oxygen atoms in total. The first-order valence-electron chi connectivity index (χ1n) is 7.27. The van der Waals surface area contributed by atoms with Gasteiger partial charge in [-0.25, -0.2) is 0 Å². The van der Waals surface area contributed by atoms with E-state index in [2.05, 4.69) is 15.4 Å². The fraction of sp³-hybridized carbons (Fsp3) is 0.786. The molecule has 0 aliphatic carbocycles. The van der Waals surface area contributed by atoms with Gasteiger partial charge in [0.2, 0.25) is 0 Å². The maximum Gasteiger partial charge on any atom is 0.162 e. The highest BCUT2D eigenvalue weighted by molar-refractivity contribution is 5.06. The van der Waals surface area contributed by atoms with Crippen molar-refractivity contribution >= 4 is 0 Å². The summed E-state index contributed by atoms with van der Waals surface area (Å²) in [7, 11) is 1.67. The van der Waals surface area contributed by atoms with Crippen molar-refractivity contribution in [2.45, 2.75) is 50.9 Å². The van der Waals surface area contributed by atoms with Gasteiger partial charge in [-0.2, -0.15) is 0 Å². The second-order valence-electron chi connectivity index (χ2n) is 5.60. The molecule has 2 aliphatic rings. The van der Waals surface area contributed by atoms with Gasteiger partial charge in [0, 0.05) is 31.8 Å². The van der Waals surface area contributed by atoms with Crippen LogP contribution in [0.5, 0.6) is 0 Å². The average Bonchev–Trinajstić information content (AvgIpc) is 3.11. The summed E-state index contributed by atoms with van der Waals surface area (Å²) in [6, 6.07) is 3.36. The fourth-order valence-electron chi connectivity index (χ4n) is 3.39. The molecule has 1 N–H and O–H groups in total. The predicted molar refractivity (Wildman–Crippen MR) is 71.7 cm³/mol. The van der Waals surface area contributed by atoms with Crippen LogP contribution < -0.4 is 5.32 Å². The van der Waals surface area contributed by atoms with Crippen molar-refractivity contribution in [2.24, 2.45) is 0 Å². The smallest absolute Gasteiger partial charge is 0.162 e. The maximum absolute atomic E-state index is 5.26. The van der Waals surface area contributed by atoms with Crippen LogP contribution in [0.3, 0.4) is 0 Å². The molecule has 2 aliphatic heterocycles. The first-order chi connectivity index (χ1) is 9.36. The van der Waals surface area contributed by atoms with E-state index in [-0.39, 0.29) is 0 Å². The number of hydrogen-bond acceptors (Lipinski definition) is 5. The summed E-state index contributed by atoms with van der Waals surface area (Å²) < 4.78 is 10.3. The van der Waals surface area contributed by atoms with Gasteiger partial charge < -0.3 is 14.6 Å². The first-order valence-corrected chi connectivity index (χ1v) is 7.27. The second kappa shape index (κ2) is 6.03. The van der Waals surface area contributed by atoms with Crippen LogP contribution in [0.1, 0.15) is 37.1 Å². The number of ether oxygens (including phenoxy) is 1. The lowest BCUT2D eigenvalue weighted by atomic mass is 10.0. The Hall–Kier alpha value is -0.910. The third kappa shape index (κ3) is 2.99. The average molecular weight is 265 g/mol. The van der Waals surface area contributed by atoms with Gasteiger partial charge in [0.15, 0.2) is 5.76 Å². The van der Waals surface area contributed by atoms with Crippen LogP contribution in [0.2, 0.25) is 0 Å². The van der Waals surface area contributed by atoms with Crippen LogP contribution in [0.15, 0.2) is 10.6 Å². The van der Waals surface area contributed by atoms with Gasteiger partial charge >= 0.3 is 0 Å². The number of nitrogens with zero attached hydrogens (tertiary/aromatic N) is 2. The molecule has 0 saturated carbocycles. The molecule has 2 fully saturated rings. The molecule has 5 heteroatoms. The monoisotopic (exact) mass is 265 g/mol. The molecule has 106 valence electrons. The van der Waals surface area contributed by atoms with Crippen LogP contribution >= 0.6 is 0 Å². The highest BCUT2D eigenvalue weighted by atomic mass is 16.5. The quantitative estimate of drug-likeness (QED) is 0.875. The van der Waals surface area contributed by atoms with E-state index in [9.17, 15) is 0 Å². The summed E-state index contributed by atoms with van der Waals surface area (Å²) in [4.78, 5) is 2.55. The lowest BCUT2D eigenvalue weighted by Gasteiger charge is -2.28. The van der Waals surface area contributed by atoms with Crippen molar-refractivity contribution in [2.75, 3.05) is 20.2 Å². The zero-order chi connectivity index (χ0) is 13.1. The Morgan fingerprint density at radius 3 is 3.21 bits per heavy atom. The van der Waals surface area contributed by atoms with Gasteiger partial charge in [0.1, 0.15) is 6.61 Å². The fourth-order valence-corrected chi connectivity index (χ4v) is 3.39. The Kier molecular flexibility index (Phi) is 4.15. The lowest BCUT2D eigenvalue weighted by Crippen LogP contribution is -2.43. The van der Waals surface area contributed by atoms with Crippen molar-refractivity contribution in [3.8, 4) is 0 Å². The van der Waals surface area contributed by atoms with E-state index in [1.807, 2.05) is 6.07 Å². The molecular weight excluding hydrogens is 242 g/mol. The zero-order valence-electron chi connectivity index (χ0n) is 11.6. The van der Waals surface area contributed by atoms with E-state index in [0.29, 0.717) is 18.7 Å². The maximum atomic E-state index is 5.26. The van der Waals surface area contributed by atoms with E-state index >= 15 is 0 Å². The number of methoxy groups -OCH3 is 1. The molecule has 2 unspecified atom stereocenters. The molecule has 0 amide bonds. The minimum absolute atomic E-state index is 0.501. The van der Waals surface area contributed by atoms with Crippen LogP contribution in [-0.2, 0) is 17.9 Å². The Labute approximate surface area is 114 Å². The molecule has 1 aromatic rings. The third-order valence-corrected chi connectivity index (χ3v) is 4.24. The number of hydrogen-bond donors (Lipinski definition) is 1. The predicted octanol–water partition coefficient (Wildman–Crippen LogP) is 1.54. The molecule has 2 saturated heterocycles. The largest absolute Gasteiger partial charge is 0.377 e. The Morgan fingerprint density at radius 2 is 2.42 bits per heavy atom. The zero-order valence-corrected chi connectivity index (χ0v) is 11.6. The summed E-state index contributed by atoms with van der Waals surface area (Å²) in [6.45, 7) is 3.75. The number of aromatic nitrogens is 1. The lowest BCUT2D eigenvalue weighted by molar-refractivity contribution is 0.155. The van der Waals surface area contributed by atoms with Gasteiger partial charge in [-0.1, -0.05) is 5.16 Å². The van der Waals surface area contributed by atoms with E-state index < -0.39 is 0 Å². The molecule has 3 rings (SSSR count). The SMILES string of the molecule is COCc1cc(CN2CCCC2C2CCCN2)no1. The van der Waals surface area contributed by atoms with Crippen LogP contribution in [0.4, 0.5) is 0 Å². The van der Waals surface area contributed by atoms with Crippen molar-refractivity contribution < 1.29 is 9.26 Å². The molecule has 0 radical (unpaired) electrons. The molecule has 0 spiro atoms. The highest BCUT2D eigenvalue weighted by Gasteiger charge is 2.33. The molecule has 0 aromatic carbocycles. The molecule has 0 bridgehead atoms. The normalized spacial score (nSPS) is 28.3. The second-order valence-corrected chi connectivity index (χ2v) is 5.60. The van der Waals surface area contributed by atoms with Crippen LogP contribution in [-0.4, -0.2) is 42.3 Å². The Bertz CT molecular complexity index is 401. The van der Waals surface area contributed by atoms with Gasteiger partial charge in [0.05, 0.1) is 5.69 Å². The number of likely N-dealkylation sites (tertiary alicyclic amines) is 1. The summed E-state index contributed by atoms with van der Waals surface area (Å²) >= 11 is 0. The number of rotatable bonds is 5. The van der Waals surface area contributed by atoms with Gasteiger partial charge in [0.25, 0.3) is 0 Å². The standard InChI is InChI=1S/C14H23N3O2/c1-18-10-12-8-11(16-19-12)9-17-7-3-5-14(17)13-4-2-6-15-13/h8,13-15H,2-7,9-10H2,1H3. The Morgan fingerprint density at radius 1 is 1.47 bits per heavy atom.